The molecule has 1 aromatic rings. The highest BCUT2D eigenvalue weighted by atomic mass is 19.1. The topological polar surface area (TPSA) is 58.4 Å². The summed E-state index contributed by atoms with van der Waals surface area (Å²) in [5.74, 6) is -0.0838. The Kier molecular flexibility index (Phi) is 3.81. The summed E-state index contributed by atoms with van der Waals surface area (Å²) in [6.07, 6.45) is 0.904. The molecule has 0 aromatic heterocycles. The van der Waals surface area contributed by atoms with Crippen molar-refractivity contribution in [2.24, 2.45) is 11.7 Å². The number of anilines is 1. The average Bonchev–Trinajstić information content (AvgIpc) is 2.73. The third-order valence-corrected chi connectivity index (χ3v) is 3.37. The van der Waals surface area contributed by atoms with Gasteiger partial charge in [-0.2, -0.15) is 0 Å². The second-order valence-electron chi connectivity index (χ2n) is 4.75. The van der Waals surface area contributed by atoms with Gasteiger partial charge in [0.25, 0.3) is 0 Å². The summed E-state index contributed by atoms with van der Waals surface area (Å²) in [6, 6.07) is 6.04. The maximum atomic E-state index is 13.4. The number of likely N-dealkylation sites (tertiary alicyclic amines) is 1. The number of hydrogen-bond acceptors (Lipinski definition) is 2. The van der Waals surface area contributed by atoms with E-state index in [9.17, 15) is 9.18 Å². The first-order valence-corrected chi connectivity index (χ1v) is 6.14. The van der Waals surface area contributed by atoms with E-state index in [1.165, 1.54) is 6.07 Å². The van der Waals surface area contributed by atoms with Gasteiger partial charge in [0.05, 0.1) is 5.69 Å². The average molecular weight is 251 g/mol. The van der Waals surface area contributed by atoms with Crippen molar-refractivity contribution < 1.29 is 9.18 Å². The van der Waals surface area contributed by atoms with E-state index in [1.54, 1.807) is 23.1 Å². The monoisotopic (exact) mass is 251 g/mol. The maximum absolute atomic E-state index is 13.4. The molecule has 18 heavy (non-hydrogen) atoms. The van der Waals surface area contributed by atoms with Gasteiger partial charge in [0.1, 0.15) is 5.82 Å². The second-order valence-corrected chi connectivity index (χ2v) is 4.75. The SMILES string of the molecule is CC1CC(CN)CN1C(=O)Nc1ccccc1F. The number of hydrogen-bond donors (Lipinski definition) is 2. The number of para-hydroxylation sites is 1. The van der Waals surface area contributed by atoms with Crippen LogP contribution in [0.1, 0.15) is 13.3 Å². The highest BCUT2D eigenvalue weighted by Gasteiger charge is 2.31. The summed E-state index contributed by atoms with van der Waals surface area (Å²) in [4.78, 5) is 13.8. The predicted molar refractivity (Wildman–Crippen MR) is 68.7 cm³/mol. The number of nitrogens with two attached hydrogens (primary N) is 1. The molecule has 0 bridgehead atoms. The van der Waals surface area contributed by atoms with E-state index in [0.717, 1.165) is 6.42 Å². The van der Waals surface area contributed by atoms with E-state index in [2.05, 4.69) is 5.32 Å². The fourth-order valence-corrected chi connectivity index (χ4v) is 2.35. The van der Waals surface area contributed by atoms with Gasteiger partial charge in [0.15, 0.2) is 0 Å². The van der Waals surface area contributed by atoms with Crippen molar-refractivity contribution in [2.75, 3.05) is 18.4 Å². The van der Waals surface area contributed by atoms with Crippen LogP contribution in [0.3, 0.4) is 0 Å². The quantitative estimate of drug-likeness (QED) is 0.845. The first-order chi connectivity index (χ1) is 8.61. The molecule has 3 N–H and O–H groups in total. The van der Waals surface area contributed by atoms with Crippen LogP contribution in [0.4, 0.5) is 14.9 Å². The highest BCUT2D eigenvalue weighted by Crippen LogP contribution is 2.23. The predicted octanol–water partition coefficient (Wildman–Crippen LogP) is 2.03. The van der Waals surface area contributed by atoms with Crippen molar-refractivity contribution in [2.45, 2.75) is 19.4 Å². The van der Waals surface area contributed by atoms with Crippen LogP contribution in [0.2, 0.25) is 0 Å². The zero-order valence-corrected chi connectivity index (χ0v) is 10.4. The molecule has 1 fully saturated rings. The summed E-state index contributed by atoms with van der Waals surface area (Å²) in [5.41, 5.74) is 5.83. The van der Waals surface area contributed by atoms with Crippen molar-refractivity contribution in [1.82, 2.24) is 4.90 Å². The fraction of sp³-hybridized carbons (Fsp3) is 0.462. The first kappa shape index (κ1) is 12.8. The molecule has 1 aliphatic heterocycles. The maximum Gasteiger partial charge on any atom is 0.322 e. The van der Waals surface area contributed by atoms with Gasteiger partial charge in [0.2, 0.25) is 0 Å². The summed E-state index contributed by atoms with van der Waals surface area (Å²) in [7, 11) is 0. The van der Waals surface area contributed by atoms with Crippen molar-refractivity contribution >= 4 is 11.7 Å². The number of rotatable bonds is 2. The minimum atomic E-state index is -0.423. The summed E-state index contributed by atoms with van der Waals surface area (Å²) in [6.45, 7) is 3.20. The largest absolute Gasteiger partial charge is 0.330 e. The van der Waals surface area contributed by atoms with Crippen LogP contribution >= 0.6 is 0 Å². The fourth-order valence-electron chi connectivity index (χ4n) is 2.35. The van der Waals surface area contributed by atoms with Gasteiger partial charge in [-0.3, -0.25) is 0 Å². The Morgan fingerprint density at radius 1 is 1.56 bits per heavy atom. The van der Waals surface area contributed by atoms with Gasteiger partial charge in [-0.05, 0) is 37.9 Å². The Balaban J connectivity index is 2.03. The van der Waals surface area contributed by atoms with Crippen LogP contribution < -0.4 is 11.1 Å². The summed E-state index contributed by atoms with van der Waals surface area (Å²) in [5, 5.41) is 2.60. The van der Waals surface area contributed by atoms with Gasteiger partial charge >= 0.3 is 6.03 Å². The van der Waals surface area contributed by atoms with Crippen LogP contribution in [0, 0.1) is 11.7 Å². The third kappa shape index (κ3) is 2.61. The molecule has 0 saturated carbocycles. The number of carbonyl (C=O) groups is 1. The summed E-state index contributed by atoms with van der Waals surface area (Å²) >= 11 is 0. The van der Waals surface area contributed by atoms with Gasteiger partial charge < -0.3 is 16.0 Å². The van der Waals surface area contributed by atoms with E-state index in [-0.39, 0.29) is 17.8 Å². The van der Waals surface area contributed by atoms with Crippen LogP contribution in [0.15, 0.2) is 24.3 Å². The lowest BCUT2D eigenvalue weighted by Crippen LogP contribution is -2.38. The molecule has 0 aliphatic carbocycles. The lowest BCUT2D eigenvalue weighted by atomic mass is 10.1. The van der Waals surface area contributed by atoms with Gasteiger partial charge in [0, 0.05) is 12.6 Å². The Morgan fingerprint density at radius 3 is 2.89 bits per heavy atom. The van der Waals surface area contributed by atoms with Crippen molar-refractivity contribution in [3.05, 3.63) is 30.1 Å². The number of nitrogens with one attached hydrogen (secondary N) is 1. The summed E-state index contributed by atoms with van der Waals surface area (Å²) < 4.78 is 13.4. The van der Waals surface area contributed by atoms with Crippen molar-refractivity contribution in [1.29, 1.82) is 0 Å². The standard InChI is InChI=1S/C13H18FN3O/c1-9-6-10(7-15)8-17(9)13(18)16-12-5-3-2-4-11(12)14/h2-5,9-10H,6-8,15H2,1H3,(H,16,18). The zero-order chi connectivity index (χ0) is 13.1. The van der Waals surface area contributed by atoms with E-state index in [0.29, 0.717) is 19.0 Å². The Hall–Kier alpha value is -1.62. The molecule has 2 unspecified atom stereocenters. The molecule has 98 valence electrons. The Bertz CT molecular complexity index is 438. The van der Waals surface area contributed by atoms with Gasteiger partial charge in [-0.1, -0.05) is 12.1 Å². The molecule has 2 amide bonds. The molecular weight excluding hydrogens is 233 g/mol. The molecule has 1 aromatic carbocycles. The normalized spacial score (nSPS) is 23.2. The molecular formula is C13H18FN3O. The molecule has 5 heteroatoms. The van der Waals surface area contributed by atoms with Crippen LogP contribution in [-0.4, -0.2) is 30.1 Å². The van der Waals surface area contributed by atoms with Crippen molar-refractivity contribution in [3.8, 4) is 0 Å². The van der Waals surface area contributed by atoms with E-state index in [1.807, 2.05) is 6.92 Å². The Morgan fingerprint density at radius 2 is 2.28 bits per heavy atom. The van der Waals surface area contributed by atoms with E-state index in [4.69, 9.17) is 5.73 Å². The molecule has 2 rings (SSSR count). The van der Waals surface area contributed by atoms with E-state index >= 15 is 0 Å². The third-order valence-electron chi connectivity index (χ3n) is 3.37. The second kappa shape index (κ2) is 5.35. The van der Waals surface area contributed by atoms with Gasteiger partial charge in [-0.15, -0.1) is 0 Å². The lowest BCUT2D eigenvalue weighted by Gasteiger charge is -2.22. The number of amides is 2. The molecule has 4 nitrogen and oxygen atoms in total. The highest BCUT2D eigenvalue weighted by molar-refractivity contribution is 5.89. The number of halogens is 1. The van der Waals surface area contributed by atoms with Crippen LogP contribution in [0.25, 0.3) is 0 Å². The zero-order valence-electron chi connectivity index (χ0n) is 10.4. The molecule has 1 saturated heterocycles. The van der Waals surface area contributed by atoms with Crippen molar-refractivity contribution in [3.63, 3.8) is 0 Å². The molecule has 1 heterocycles. The Labute approximate surface area is 106 Å². The minimum Gasteiger partial charge on any atom is -0.330 e. The smallest absolute Gasteiger partial charge is 0.322 e. The minimum absolute atomic E-state index is 0.144. The van der Waals surface area contributed by atoms with E-state index < -0.39 is 5.82 Å². The number of urea groups is 1. The van der Waals surface area contributed by atoms with Gasteiger partial charge in [-0.25, -0.2) is 9.18 Å². The molecule has 1 aliphatic rings. The molecule has 0 radical (unpaired) electrons. The number of nitrogens with zero attached hydrogens (tertiary/aromatic N) is 1. The van der Waals surface area contributed by atoms with Crippen LogP contribution in [0.5, 0.6) is 0 Å². The first-order valence-electron chi connectivity index (χ1n) is 6.14. The lowest BCUT2D eigenvalue weighted by molar-refractivity contribution is 0.209. The van der Waals surface area contributed by atoms with Crippen LogP contribution in [-0.2, 0) is 0 Å². The molecule has 0 spiro atoms. The number of benzene rings is 1. The number of carbonyl (C=O) groups excluding carboxylic acids is 1. The molecule has 2 atom stereocenters.